The Morgan fingerprint density at radius 3 is 2.53 bits per heavy atom. The highest BCUT2D eigenvalue weighted by molar-refractivity contribution is 9.09. The second-order valence-electron chi connectivity index (χ2n) is 8.89. The Labute approximate surface area is 202 Å². The minimum absolute atomic E-state index is 0.0343. The van der Waals surface area contributed by atoms with E-state index in [1.54, 1.807) is 19.1 Å². The monoisotopic (exact) mass is 540 g/mol. The smallest absolute Gasteiger partial charge is 0.254 e. The molecule has 0 aromatic heterocycles. The normalized spacial score (nSPS) is 38.2. The summed E-state index contributed by atoms with van der Waals surface area (Å²) < 4.78 is 0. The highest BCUT2D eigenvalue weighted by Crippen LogP contribution is 2.65. The van der Waals surface area contributed by atoms with Crippen LogP contribution in [0.25, 0.3) is 0 Å². The van der Waals surface area contributed by atoms with E-state index in [-0.39, 0.29) is 23.5 Å². The van der Waals surface area contributed by atoms with Gasteiger partial charge in [-0.3, -0.25) is 29.4 Å². The molecule has 6 unspecified atom stereocenters. The number of halogens is 3. The number of phenols is 1. The summed E-state index contributed by atoms with van der Waals surface area (Å²) in [6.07, 6.45) is 2.16. The van der Waals surface area contributed by atoms with Crippen LogP contribution in [0.2, 0.25) is 0 Å². The summed E-state index contributed by atoms with van der Waals surface area (Å²) in [5, 5.41) is 12.4. The third-order valence-electron chi connectivity index (χ3n) is 7.41. The molecule has 7 nitrogen and oxygen atoms in total. The fraction of sp³-hybridized carbons (Fsp3) is 0.455. The zero-order valence-corrected chi connectivity index (χ0v) is 20.0. The van der Waals surface area contributed by atoms with Crippen LogP contribution >= 0.6 is 39.1 Å². The summed E-state index contributed by atoms with van der Waals surface area (Å²) >= 11 is 17.3. The van der Waals surface area contributed by atoms with Gasteiger partial charge in [-0.05, 0) is 42.9 Å². The van der Waals surface area contributed by atoms with Crippen LogP contribution in [0, 0.1) is 24.7 Å². The average Bonchev–Trinajstić information content (AvgIpc) is 3.11. The zero-order chi connectivity index (χ0) is 23.2. The van der Waals surface area contributed by atoms with Crippen molar-refractivity contribution in [3.63, 3.8) is 0 Å². The molecular formula is C22H19BrCl2N2O5. The number of phenolic OH excluding ortho intramolecular Hbond substituents is 1. The van der Waals surface area contributed by atoms with Gasteiger partial charge < -0.3 is 5.11 Å². The Morgan fingerprint density at radius 2 is 1.88 bits per heavy atom. The fourth-order valence-electron chi connectivity index (χ4n) is 5.90. The largest absolute Gasteiger partial charge is 0.508 e. The van der Waals surface area contributed by atoms with E-state index < -0.39 is 51.1 Å². The van der Waals surface area contributed by atoms with E-state index >= 15 is 0 Å². The lowest BCUT2D eigenvalue weighted by atomic mass is 9.56. The molecular weight excluding hydrogens is 523 g/mol. The SMILES string of the molecule is Cc1cc(C2C3=CCC4C(=O)NC(=O)C4C3CC3(Cl)C(=O)N(CBr)C(=O)C23Cl)ccc1O. The number of nitrogens with zero attached hydrogens (tertiary/aromatic N) is 1. The summed E-state index contributed by atoms with van der Waals surface area (Å²) in [5.41, 5.74) is 1.84. The summed E-state index contributed by atoms with van der Waals surface area (Å²) in [6, 6.07) is 4.87. The first-order valence-electron chi connectivity index (χ1n) is 10.2. The Hall–Kier alpha value is -1.90. The molecule has 3 fully saturated rings. The van der Waals surface area contributed by atoms with Crippen LogP contribution in [-0.2, 0) is 19.2 Å². The molecule has 5 rings (SSSR count). The molecule has 10 heteroatoms. The van der Waals surface area contributed by atoms with Crippen molar-refractivity contribution in [2.24, 2.45) is 17.8 Å². The first-order valence-corrected chi connectivity index (χ1v) is 12.1. The van der Waals surface area contributed by atoms with Crippen LogP contribution in [0.1, 0.15) is 29.9 Å². The van der Waals surface area contributed by atoms with Crippen molar-refractivity contribution in [3.8, 4) is 5.75 Å². The minimum atomic E-state index is -1.82. The quantitative estimate of drug-likeness (QED) is 0.259. The van der Waals surface area contributed by atoms with Crippen LogP contribution in [-0.4, -0.2) is 48.8 Å². The highest BCUT2D eigenvalue weighted by Gasteiger charge is 2.76. The van der Waals surface area contributed by atoms with E-state index in [0.717, 1.165) is 10.5 Å². The molecule has 1 saturated carbocycles. The molecule has 0 radical (unpaired) electrons. The molecule has 2 heterocycles. The second-order valence-corrected chi connectivity index (χ2v) is 10.6. The predicted octanol–water partition coefficient (Wildman–Crippen LogP) is 2.70. The number of benzene rings is 1. The number of carbonyl (C=O) groups excluding carboxylic acids is 4. The van der Waals surface area contributed by atoms with Gasteiger partial charge in [0, 0.05) is 5.92 Å². The third-order valence-corrected chi connectivity index (χ3v) is 9.33. The number of aryl methyl sites for hydroxylation is 1. The predicted molar refractivity (Wildman–Crippen MR) is 119 cm³/mol. The number of hydrogen-bond donors (Lipinski definition) is 2. The lowest BCUT2D eigenvalue weighted by molar-refractivity contribution is -0.138. The van der Waals surface area contributed by atoms with Gasteiger partial charge >= 0.3 is 0 Å². The van der Waals surface area contributed by atoms with Gasteiger partial charge in [0.15, 0.2) is 9.75 Å². The summed E-state index contributed by atoms with van der Waals surface area (Å²) in [4.78, 5) is 49.3. The molecule has 2 aliphatic carbocycles. The first-order chi connectivity index (χ1) is 15.1. The number of rotatable bonds is 2. The number of aromatic hydroxyl groups is 1. The van der Waals surface area contributed by atoms with E-state index in [4.69, 9.17) is 23.2 Å². The molecule has 4 aliphatic rings. The third kappa shape index (κ3) is 2.54. The van der Waals surface area contributed by atoms with E-state index in [2.05, 4.69) is 21.2 Å². The van der Waals surface area contributed by atoms with Crippen LogP contribution in [0.15, 0.2) is 29.8 Å². The van der Waals surface area contributed by atoms with Gasteiger partial charge in [-0.1, -0.05) is 39.7 Å². The number of carbonyl (C=O) groups is 4. The van der Waals surface area contributed by atoms with Crippen LogP contribution in [0.3, 0.4) is 0 Å². The molecule has 1 aromatic carbocycles. The van der Waals surface area contributed by atoms with Crippen molar-refractivity contribution in [2.75, 3.05) is 5.45 Å². The molecule has 2 saturated heterocycles. The van der Waals surface area contributed by atoms with Gasteiger partial charge in [0.2, 0.25) is 11.8 Å². The van der Waals surface area contributed by atoms with Gasteiger partial charge in [-0.15, -0.1) is 23.2 Å². The van der Waals surface area contributed by atoms with Gasteiger partial charge in [-0.25, -0.2) is 0 Å². The summed E-state index contributed by atoms with van der Waals surface area (Å²) in [7, 11) is 0. The van der Waals surface area contributed by atoms with Crippen molar-refractivity contribution < 1.29 is 24.3 Å². The van der Waals surface area contributed by atoms with Crippen molar-refractivity contribution in [1.29, 1.82) is 0 Å². The summed E-state index contributed by atoms with van der Waals surface area (Å²) in [5.74, 6) is -4.46. The number of fused-ring (bicyclic) bond motifs is 4. The first kappa shape index (κ1) is 21.9. The molecule has 32 heavy (non-hydrogen) atoms. The Balaban J connectivity index is 1.76. The topological polar surface area (TPSA) is 104 Å². The maximum atomic E-state index is 13.5. The molecule has 1 aromatic rings. The lowest BCUT2D eigenvalue weighted by Gasteiger charge is -2.50. The number of likely N-dealkylation sites (tertiary alicyclic amines) is 1. The van der Waals surface area contributed by atoms with E-state index in [1.807, 2.05) is 6.08 Å². The minimum Gasteiger partial charge on any atom is -0.508 e. The lowest BCUT2D eigenvalue weighted by Crippen LogP contribution is -2.60. The molecule has 2 aliphatic heterocycles. The number of amides is 4. The molecule has 0 spiro atoms. The maximum absolute atomic E-state index is 13.5. The number of allylic oxidation sites excluding steroid dienone is 2. The number of alkyl halides is 3. The van der Waals surface area contributed by atoms with Crippen LogP contribution < -0.4 is 5.32 Å². The molecule has 168 valence electrons. The van der Waals surface area contributed by atoms with Crippen LogP contribution in [0.4, 0.5) is 0 Å². The Bertz CT molecular complexity index is 1140. The number of imide groups is 2. The van der Waals surface area contributed by atoms with E-state index in [0.29, 0.717) is 17.5 Å². The van der Waals surface area contributed by atoms with E-state index in [1.165, 1.54) is 6.07 Å². The van der Waals surface area contributed by atoms with Crippen molar-refractivity contribution in [1.82, 2.24) is 10.2 Å². The molecule has 0 bridgehead atoms. The summed E-state index contributed by atoms with van der Waals surface area (Å²) in [6.45, 7) is 1.72. The Morgan fingerprint density at radius 1 is 1.16 bits per heavy atom. The van der Waals surface area contributed by atoms with Crippen LogP contribution in [0.5, 0.6) is 5.75 Å². The molecule has 2 N–H and O–H groups in total. The zero-order valence-electron chi connectivity index (χ0n) is 16.9. The molecule has 4 amide bonds. The maximum Gasteiger partial charge on any atom is 0.254 e. The van der Waals surface area contributed by atoms with Gasteiger partial charge in [-0.2, -0.15) is 0 Å². The Kier molecular flexibility index (Phi) is 4.83. The number of nitrogens with one attached hydrogen (secondary N) is 1. The van der Waals surface area contributed by atoms with Crippen molar-refractivity contribution in [2.45, 2.75) is 35.4 Å². The fourth-order valence-corrected chi connectivity index (χ4v) is 7.32. The average molecular weight is 542 g/mol. The second kappa shape index (κ2) is 7.05. The standard InChI is InChI=1S/C22H19BrCl2N2O5/c1-9-6-10(2-5-14(9)28)16-11-3-4-12-15(18(30)26-17(12)29)13(11)7-21(24)19(31)27(8-23)20(32)22(16,21)25/h2-3,5-6,12-13,15-16,28H,4,7-8H2,1H3,(H,26,29,30). The van der Waals surface area contributed by atoms with Gasteiger partial charge in [0.25, 0.3) is 11.8 Å². The van der Waals surface area contributed by atoms with Gasteiger partial charge in [0.05, 0.1) is 17.3 Å². The van der Waals surface area contributed by atoms with Crippen molar-refractivity contribution >= 4 is 62.8 Å². The highest BCUT2D eigenvalue weighted by atomic mass is 79.9. The van der Waals surface area contributed by atoms with Gasteiger partial charge in [0.1, 0.15) is 5.75 Å². The van der Waals surface area contributed by atoms with Crippen molar-refractivity contribution in [3.05, 3.63) is 41.0 Å². The molecule has 6 atom stereocenters. The van der Waals surface area contributed by atoms with E-state index in [9.17, 15) is 24.3 Å². The number of hydrogen-bond acceptors (Lipinski definition) is 5.